The van der Waals surface area contributed by atoms with Crippen LogP contribution in [0, 0.1) is 0 Å². The molecule has 0 radical (unpaired) electrons. The van der Waals surface area contributed by atoms with Gasteiger partial charge in [0.1, 0.15) is 30.0 Å². The summed E-state index contributed by atoms with van der Waals surface area (Å²) in [5, 5.41) is 0.717. The number of aromatic nitrogens is 3. The topological polar surface area (TPSA) is 43.2 Å². The van der Waals surface area contributed by atoms with Gasteiger partial charge in [-0.15, -0.1) is 0 Å². The van der Waals surface area contributed by atoms with Crippen LogP contribution in [-0.4, -0.2) is 39.9 Å². The van der Waals surface area contributed by atoms with E-state index in [1.807, 2.05) is 18.3 Å². The van der Waals surface area contributed by atoms with Crippen LogP contribution in [0.2, 0.25) is 0 Å². The maximum absolute atomic E-state index is 12.8. The molecule has 1 saturated heterocycles. The average molecular weight is 416 g/mol. The van der Waals surface area contributed by atoms with E-state index in [1.54, 1.807) is 18.2 Å². The van der Waals surface area contributed by atoms with Gasteiger partial charge in [0.2, 0.25) is 0 Å². The molecule has 0 atom stereocenters. The molecule has 1 saturated carbocycles. The minimum atomic E-state index is -4.25. The summed E-state index contributed by atoms with van der Waals surface area (Å²) in [6.07, 6.45) is 3.11. The monoisotopic (exact) mass is 416 g/mol. The second-order valence-electron chi connectivity index (χ2n) is 8.10. The molecule has 0 amide bonds. The number of halogens is 3. The minimum absolute atomic E-state index is 0.0301. The molecule has 1 aliphatic heterocycles. The van der Waals surface area contributed by atoms with E-state index in [4.69, 9.17) is 9.72 Å². The Morgan fingerprint density at radius 3 is 2.57 bits per heavy atom. The quantitative estimate of drug-likeness (QED) is 0.592. The number of rotatable bonds is 5. The molecule has 5 nitrogen and oxygen atoms in total. The van der Waals surface area contributed by atoms with Gasteiger partial charge in [-0.25, -0.2) is 9.97 Å². The molecule has 5 rings (SSSR count). The summed E-state index contributed by atoms with van der Waals surface area (Å²) in [4.78, 5) is 11.4. The molecule has 2 aliphatic rings. The summed E-state index contributed by atoms with van der Waals surface area (Å²) in [5.74, 6) is 3.08. The highest BCUT2D eigenvalue weighted by Gasteiger charge is 2.29. The number of anilines is 1. The Balaban J connectivity index is 1.25. The zero-order chi connectivity index (χ0) is 20.7. The molecule has 30 heavy (non-hydrogen) atoms. The van der Waals surface area contributed by atoms with Gasteiger partial charge in [-0.2, -0.15) is 13.2 Å². The van der Waals surface area contributed by atoms with Crippen molar-refractivity contribution in [2.45, 2.75) is 50.4 Å². The van der Waals surface area contributed by atoms with Gasteiger partial charge in [0.15, 0.2) is 0 Å². The molecule has 2 fully saturated rings. The van der Waals surface area contributed by atoms with E-state index in [2.05, 4.69) is 9.88 Å². The third kappa shape index (κ3) is 4.08. The smallest absolute Gasteiger partial charge is 0.406 e. The Morgan fingerprint density at radius 1 is 1.03 bits per heavy atom. The van der Waals surface area contributed by atoms with Crippen molar-refractivity contribution in [1.29, 1.82) is 0 Å². The summed E-state index contributed by atoms with van der Waals surface area (Å²) in [6, 6.07) is 8.94. The van der Waals surface area contributed by atoms with Crippen molar-refractivity contribution >= 4 is 16.7 Å². The lowest BCUT2D eigenvalue weighted by Crippen LogP contribution is -2.38. The molecule has 1 aromatic carbocycles. The van der Waals surface area contributed by atoms with Gasteiger partial charge in [-0.3, -0.25) is 0 Å². The molecule has 2 aromatic heterocycles. The second-order valence-corrected chi connectivity index (χ2v) is 8.10. The minimum Gasteiger partial charge on any atom is -0.490 e. The fraction of sp³-hybridized carbons (Fsp3) is 0.455. The molecular formula is C22H23F3N4O. The largest absolute Gasteiger partial charge is 0.490 e. The van der Waals surface area contributed by atoms with E-state index in [1.165, 1.54) is 23.6 Å². The Kier molecular flexibility index (Phi) is 4.79. The summed E-state index contributed by atoms with van der Waals surface area (Å²) in [7, 11) is 0. The van der Waals surface area contributed by atoms with Crippen molar-refractivity contribution in [2.24, 2.45) is 0 Å². The SMILES string of the molecule is FC(F)(F)Cn1ccc2c(OC3CCN(c4ccnc(C5CC5)n4)CC3)cccc21. The Hall–Kier alpha value is -2.77. The standard InChI is InChI=1S/C22H23F3N4O/c23-22(24,25)14-29-13-9-17-18(29)2-1-3-19(17)30-16-7-11-28(12-8-16)20-6-10-26-21(27-20)15-4-5-15/h1-3,6,9-10,13,15-16H,4-5,7-8,11-12,14H2. The van der Waals surface area contributed by atoms with E-state index < -0.39 is 12.7 Å². The molecule has 1 aliphatic carbocycles. The van der Waals surface area contributed by atoms with Crippen molar-refractivity contribution in [3.63, 3.8) is 0 Å². The van der Waals surface area contributed by atoms with Gasteiger partial charge in [0.25, 0.3) is 0 Å². The van der Waals surface area contributed by atoms with Crippen LogP contribution < -0.4 is 9.64 Å². The summed E-state index contributed by atoms with van der Waals surface area (Å²) >= 11 is 0. The number of fused-ring (bicyclic) bond motifs is 1. The van der Waals surface area contributed by atoms with Gasteiger partial charge in [-0.1, -0.05) is 6.07 Å². The highest BCUT2D eigenvalue weighted by molar-refractivity contribution is 5.86. The van der Waals surface area contributed by atoms with Crippen LogP contribution >= 0.6 is 0 Å². The van der Waals surface area contributed by atoms with Crippen LogP contribution in [0.25, 0.3) is 10.9 Å². The number of piperidine rings is 1. The van der Waals surface area contributed by atoms with Crippen molar-refractivity contribution in [3.05, 3.63) is 48.5 Å². The number of hydrogen-bond donors (Lipinski definition) is 0. The molecular weight excluding hydrogens is 393 g/mol. The lowest BCUT2D eigenvalue weighted by atomic mass is 10.1. The molecule has 0 bridgehead atoms. The fourth-order valence-corrected chi connectivity index (χ4v) is 4.09. The Bertz CT molecular complexity index is 1040. The Morgan fingerprint density at radius 2 is 1.83 bits per heavy atom. The highest BCUT2D eigenvalue weighted by Crippen LogP contribution is 2.38. The normalized spacial score (nSPS) is 18.2. The van der Waals surface area contributed by atoms with Crippen LogP contribution in [0.15, 0.2) is 42.7 Å². The first kappa shape index (κ1) is 19.2. The predicted octanol–water partition coefficient (Wildman–Crippen LogP) is 4.92. The van der Waals surface area contributed by atoms with Crippen molar-refractivity contribution in [3.8, 4) is 5.75 Å². The first-order chi connectivity index (χ1) is 14.5. The van der Waals surface area contributed by atoms with E-state index >= 15 is 0 Å². The third-order valence-electron chi connectivity index (χ3n) is 5.78. The second kappa shape index (κ2) is 7.49. The van der Waals surface area contributed by atoms with Crippen LogP contribution in [0.5, 0.6) is 5.75 Å². The molecule has 3 heterocycles. The Labute approximate surface area is 172 Å². The number of ether oxygens (including phenoxy) is 1. The zero-order valence-electron chi connectivity index (χ0n) is 16.5. The fourth-order valence-electron chi connectivity index (χ4n) is 4.09. The van der Waals surface area contributed by atoms with Gasteiger partial charge in [0, 0.05) is 49.6 Å². The van der Waals surface area contributed by atoms with Crippen molar-refractivity contribution in [1.82, 2.24) is 14.5 Å². The predicted molar refractivity (Wildman–Crippen MR) is 108 cm³/mol. The molecule has 0 N–H and O–H groups in total. The van der Waals surface area contributed by atoms with Crippen molar-refractivity contribution in [2.75, 3.05) is 18.0 Å². The molecule has 0 spiro atoms. The summed E-state index contributed by atoms with van der Waals surface area (Å²) in [6.45, 7) is 0.661. The van der Waals surface area contributed by atoms with Crippen molar-refractivity contribution < 1.29 is 17.9 Å². The molecule has 158 valence electrons. The molecule has 8 heteroatoms. The van der Waals surface area contributed by atoms with Gasteiger partial charge in [-0.05, 0) is 37.1 Å². The number of alkyl halides is 3. The van der Waals surface area contributed by atoms with Gasteiger partial charge >= 0.3 is 6.18 Å². The van der Waals surface area contributed by atoms with E-state index in [0.717, 1.165) is 37.6 Å². The van der Waals surface area contributed by atoms with E-state index in [9.17, 15) is 13.2 Å². The van der Waals surface area contributed by atoms with Crippen LogP contribution in [0.1, 0.15) is 37.4 Å². The first-order valence-corrected chi connectivity index (χ1v) is 10.4. The van der Waals surface area contributed by atoms with Crippen LogP contribution in [0.4, 0.5) is 19.0 Å². The zero-order valence-corrected chi connectivity index (χ0v) is 16.5. The third-order valence-corrected chi connectivity index (χ3v) is 5.78. The number of hydrogen-bond acceptors (Lipinski definition) is 4. The average Bonchev–Trinajstić information content (AvgIpc) is 3.50. The molecule has 0 unspecified atom stereocenters. The van der Waals surface area contributed by atoms with Gasteiger partial charge in [0.05, 0.1) is 5.52 Å². The van der Waals surface area contributed by atoms with Gasteiger partial charge < -0.3 is 14.2 Å². The van der Waals surface area contributed by atoms with E-state index in [-0.39, 0.29) is 6.10 Å². The lowest BCUT2D eigenvalue weighted by Gasteiger charge is -2.33. The maximum Gasteiger partial charge on any atom is 0.406 e. The number of nitrogens with zero attached hydrogens (tertiary/aromatic N) is 4. The van der Waals surface area contributed by atoms with Crippen LogP contribution in [-0.2, 0) is 6.54 Å². The molecule has 3 aromatic rings. The highest BCUT2D eigenvalue weighted by atomic mass is 19.4. The summed E-state index contributed by atoms with van der Waals surface area (Å²) in [5.41, 5.74) is 0.538. The first-order valence-electron chi connectivity index (χ1n) is 10.4. The van der Waals surface area contributed by atoms with Crippen LogP contribution in [0.3, 0.4) is 0 Å². The number of benzene rings is 1. The summed E-state index contributed by atoms with van der Waals surface area (Å²) < 4.78 is 45.8. The maximum atomic E-state index is 12.8. The lowest BCUT2D eigenvalue weighted by molar-refractivity contribution is -0.139. The van der Waals surface area contributed by atoms with E-state index in [0.29, 0.717) is 22.6 Å².